The van der Waals surface area contributed by atoms with Crippen molar-refractivity contribution < 1.29 is 0 Å². The summed E-state index contributed by atoms with van der Waals surface area (Å²) in [5.41, 5.74) is 2.76. The molecule has 1 heteroatoms. The van der Waals surface area contributed by atoms with E-state index in [4.69, 9.17) is 0 Å². The van der Waals surface area contributed by atoms with Crippen LogP contribution in [0, 0.1) is 12.8 Å². The molecule has 1 fully saturated rings. The van der Waals surface area contributed by atoms with Crippen LogP contribution in [-0.2, 0) is 0 Å². The minimum absolute atomic E-state index is 0.475. The van der Waals surface area contributed by atoms with E-state index in [0.717, 1.165) is 12.0 Å². The quantitative estimate of drug-likeness (QED) is 0.816. The molecule has 0 aliphatic heterocycles. The maximum atomic E-state index is 3.86. The van der Waals surface area contributed by atoms with Crippen LogP contribution in [0.1, 0.15) is 63.1 Å². The van der Waals surface area contributed by atoms with E-state index in [-0.39, 0.29) is 0 Å². The number of hydrogen-bond donors (Lipinski definition) is 1. The lowest BCUT2D eigenvalue weighted by Gasteiger charge is -2.34. The highest BCUT2D eigenvalue weighted by Crippen LogP contribution is 2.28. The molecule has 0 bridgehead atoms. The summed E-state index contributed by atoms with van der Waals surface area (Å²) in [5, 5.41) is 3.86. The van der Waals surface area contributed by atoms with Gasteiger partial charge in [0.15, 0.2) is 0 Å². The van der Waals surface area contributed by atoms with Gasteiger partial charge < -0.3 is 5.32 Å². The molecule has 3 atom stereocenters. The molecule has 0 saturated heterocycles. The van der Waals surface area contributed by atoms with E-state index in [0.29, 0.717) is 6.04 Å². The fourth-order valence-corrected chi connectivity index (χ4v) is 3.19. The normalized spacial score (nSPS) is 25.9. The van der Waals surface area contributed by atoms with Crippen LogP contribution >= 0.6 is 0 Å². The lowest BCUT2D eigenvalue weighted by molar-refractivity contribution is 0.240. The molecule has 100 valence electrons. The van der Waals surface area contributed by atoms with Gasteiger partial charge in [-0.3, -0.25) is 0 Å². The highest BCUT2D eigenvalue weighted by molar-refractivity contribution is 5.23. The Kier molecular flexibility index (Phi) is 4.82. The van der Waals surface area contributed by atoms with Gasteiger partial charge >= 0.3 is 0 Å². The smallest absolute Gasteiger partial charge is 0.0294 e. The highest BCUT2D eigenvalue weighted by Gasteiger charge is 2.24. The van der Waals surface area contributed by atoms with E-state index in [2.05, 4.69) is 50.4 Å². The fourth-order valence-electron chi connectivity index (χ4n) is 3.19. The van der Waals surface area contributed by atoms with Gasteiger partial charge in [-0.15, -0.1) is 0 Å². The van der Waals surface area contributed by atoms with Crippen molar-refractivity contribution in [2.24, 2.45) is 5.92 Å². The van der Waals surface area contributed by atoms with Gasteiger partial charge in [0.2, 0.25) is 0 Å². The fraction of sp³-hybridized carbons (Fsp3) is 0.647. The van der Waals surface area contributed by atoms with Gasteiger partial charge in [0, 0.05) is 12.1 Å². The van der Waals surface area contributed by atoms with Gasteiger partial charge in [0.1, 0.15) is 0 Å². The molecule has 1 aliphatic rings. The molecule has 1 nitrogen and oxygen atoms in total. The van der Waals surface area contributed by atoms with Gasteiger partial charge in [-0.05, 0) is 38.2 Å². The van der Waals surface area contributed by atoms with E-state index >= 15 is 0 Å². The summed E-state index contributed by atoms with van der Waals surface area (Å²) in [5.74, 6) is 0.881. The third-order valence-corrected chi connectivity index (χ3v) is 4.47. The summed E-state index contributed by atoms with van der Waals surface area (Å²) < 4.78 is 0. The van der Waals surface area contributed by atoms with Gasteiger partial charge in [-0.2, -0.15) is 0 Å². The summed E-state index contributed by atoms with van der Waals surface area (Å²) in [7, 11) is 0. The van der Waals surface area contributed by atoms with Crippen LogP contribution < -0.4 is 5.32 Å². The van der Waals surface area contributed by atoms with Crippen LogP contribution in [0.15, 0.2) is 24.3 Å². The van der Waals surface area contributed by atoms with Crippen LogP contribution in [-0.4, -0.2) is 6.04 Å². The zero-order chi connectivity index (χ0) is 13.0. The maximum absolute atomic E-state index is 3.86. The SMILES string of the molecule is CCC1CCCCC1NC(C)c1ccc(C)cc1. The van der Waals surface area contributed by atoms with Crippen molar-refractivity contribution in [1.29, 1.82) is 0 Å². The summed E-state index contributed by atoms with van der Waals surface area (Å²) in [4.78, 5) is 0. The largest absolute Gasteiger partial charge is 0.307 e. The first-order chi connectivity index (χ1) is 8.70. The summed E-state index contributed by atoms with van der Waals surface area (Å²) in [6.45, 7) is 6.78. The van der Waals surface area contributed by atoms with Gasteiger partial charge in [-0.1, -0.05) is 56.0 Å². The van der Waals surface area contributed by atoms with E-state index in [9.17, 15) is 0 Å². The first-order valence-electron chi connectivity index (χ1n) is 7.53. The molecule has 0 radical (unpaired) electrons. The second-order valence-electron chi connectivity index (χ2n) is 5.86. The Balaban J connectivity index is 1.97. The van der Waals surface area contributed by atoms with E-state index < -0.39 is 0 Å². The molecule has 0 aromatic heterocycles. The topological polar surface area (TPSA) is 12.0 Å². The van der Waals surface area contributed by atoms with E-state index in [1.807, 2.05) is 0 Å². The first-order valence-corrected chi connectivity index (χ1v) is 7.53. The van der Waals surface area contributed by atoms with Crippen molar-refractivity contribution in [2.75, 3.05) is 0 Å². The average Bonchev–Trinajstić information content (AvgIpc) is 2.40. The molecule has 1 saturated carbocycles. The van der Waals surface area contributed by atoms with Crippen LogP contribution in [0.4, 0.5) is 0 Å². The van der Waals surface area contributed by atoms with Gasteiger partial charge in [-0.25, -0.2) is 0 Å². The molecule has 18 heavy (non-hydrogen) atoms. The van der Waals surface area contributed by atoms with Crippen molar-refractivity contribution in [2.45, 2.75) is 65.0 Å². The van der Waals surface area contributed by atoms with Crippen molar-refractivity contribution in [3.05, 3.63) is 35.4 Å². The molecular formula is C17H27N. The molecule has 1 aliphatic carbocycles. The maximum Gasteiger partial charge on any atom is 0.0294 e. The number of benzene rings is 1. The Labute approximate surface area is 112 Å². The molecule has 0 spiro atoms. The predicted molar refractivity (Wildman–Crippen MR) is 78.8 cm³/mol. The van der Waals surface area contributed by atoms with Crippen molar-refractivity contribution in [3.8, 4) is 0 Å². The molecule has 0 amide bonds. The van der Waals surface area contributed by atoms with Gasteiger partial charge in [0.25, 0.3) is 0 Å². The molecule has 1 aromatic rings. The van der Waals surface area contributed by atoms with Crippen molar-refractivity contribution in [3.63, 3.8) is 0 Å². The minimum atomic E-state index is 0.475. The Bertz CT molecular complexity index is 354. The van der Waals surface area contributed by atoms with Gasteiger partial charge in [0.05, 0.1) is 0 Å². The standard InChI is InChI=1S/C17H27N/c1-4-15-7-5-6-8-17(15)18-14(3)16-11-9-13(2)10-12-16/h9-12,14-15,17-18H,4-8H2,1-3H3. The second-order valence-corrected chi connectivity index (χ2v) is 5.86. The lowest BCUT2D eigenvalue weighted by atomic mass is 9.82. The highest BCUT2D eigenvalue weighted by atomic mass is 15.0. The summed E-state index contributed by atoms with van der Waals surface area (Å²) in [6, 6.07) is 10.1. The molecular weight excluding hydrogens is 218 g/mol. The summed E-state index contributed by atoms with van der Waals surface area (Å²) >= 11 is 0. The molecule has 3 unspecified atom stereocenters. The summed E-state index contributed by atoms with van der Waals surface area (Å²) in [6.07, 6.45) is 6.91. The average molecular weight is 245 g/mol. The van der Waals surface area contributed by atoms with Crippen LogP contribution in [0.25, 0.3) is 0 Å². The monoisotopic (exact) mass is 245 g/mol. The number of rotatable bonds is 4. The van der Waals surface area contributed by atoms with Crippen molar-refractivity contribution in [1.82, 2.24) is 5.32 Å². The molecule has 0 heterocycles. The number of hydrogen-bond acceptors (Lipinski definition) is 1. The Morgan fingerprint density at radius 2 is 1.83 bits per heavy atom. The Morgan fingerprint density at radius 3 is 2.50 bits per heavy atom. The van der Waals surface area contributed by atoms with Crippen molar-refractivity contribution >= 4 is 0 Å². The number of aryl methyl sites for hydroxylation is 1. The zero-order valence-corrected chi connectivity index (χ0v) is 12.1. The first kappa shape index (κ1) is 13.6. The zero-order valence-electron chi connectivity index (χ0n) is 12.1. The number of nitrogens with one attached hydrogen (secondary N) is 1. The van der Waals surface area contributed by atoms with Crippen LogP contribution in [0.3, 0.4) is 0 Å². The van der Waals surface area contributed by atoms with Crippen LogP contribution in [0.5, 0.6) is 0 Å². The Morgan fingerprint density at radius 1 is 1.17 bits per heavy atom. The third kappa shape index (κ3) is 3.35. The molecule has 2 rings (SSSR count). The van der Waals surface area contributed by atoms with E-state index in [1.54, 1.807) is 0 Å². The predicted octanol–water partition coefficient (Wildman–Crippen LogP) is 4.61. The third-order valence-electron chi connectivity index (χ3n) is 4.47. The minimum Gasteiger partial charge on any atom is -0.307 e. The molecule has 1 N–H and O–H groups in total. The van der Waals surface area contributed by atoms with Crippen LogP contribution in [0.2, 0.25) is 0 Å². The lowest BCUT2D eigenvalue weighted by Crippen LogP contribution is -2.39. The van der Waals surface area contributed by atoms with E-state index in [1.165, 1.54) is 43.2 Å². The Hall–Kier alpha value is -0.820. The molecule has 1 aromatic carbocycles. The second kappa shape index (κ2) is 6.38.